The van der Waals surface area contributed by atoms with E-state index in [0.29, 0.717) is 5.88 Å². The second-order valence-corrected chi connectivity index (χ2v) is 5.60. The minimum Gasteiger partial charge on any atom is -0.479 e. The van der Waals surface area contributed by atoms with Crippen molar-refractivity contribution < 1.29 is 4.74 Å². The van der Waals surface area contributed by atoms with E-state index in [0.717, 1.165) is 24.5 Å². The first-order valence-electron chi connectivity index (χ1n) is 7.13. The number of fused-ring (bicyclic) bond motifs is 1. The quantitative estimate of drug-likeness (QED) is 0.842. The Morgan fingerprint density at radius 2 is 2.00 bits per heavy atom. The van der Waals surface area contributed by atoms with Crippen molar-refractivity contribution in [2.75, 3.05) is 30.9 Å². The Hall–Kier alpha value is -1.52. The summed E-state index contributed by atoms with van der Waals surface area (Å²) in [6.07, 6.45) is 9.28. The van der Waals surface area contributed by atoms with Crippen molar-refractivity contribution in [1.29, 1.82) is 0 Å². The zero-order valence-corrected chi connectivity index (χ0v) is 11.8. The van der Waals surface area contributed by atoms with Crippen LogP contribution in [0.4, 0.5) is 11.5 Å². The van der Waals surface area contributed by atoms with E-state index in [9.17, 15) is 0 Å². The first-order chi connectivity index (χ1) is 9.27. The molecule has 5 nitrogen and oxygen atoms in total. The Balaban J connectivity index is 2.02. The summed E-state index contributed by atoms with van der Waals surface area (Å²) in [6.45, 7) is 0.959. The molecule has 1 aliphatic carbocycles. The van der Waals surface area contributed by atoms with Crippen LogP contribution in [0.25, 0.3) is 0 Å². The van der Waals surface area contributed by atoms with E-state index in [2.05, 4.69) is 27.2 Å². The second kappa shape index (κ2) is 4.87. The average Bonchev–Trinajstić information content (AvgIpc) is 2.59. The molecule has 1 fully saturated rings. The lowest BCUT2D eigenvalue weighted by molar-refractivity contribution is 0.273. The molecule has 0 saturated heterocycles. The Morgan fingerprint density at radius 1 is 1.21 bits per heavy atom. The van der Waals surface area contributed by atoms with E-state index in [1.165, 1.54) is 32.1 Å². The molecule has 0 unspecified atom stereocenters. The molecule has 2 heterocycles. The predicted molar refractivity (Wildman–Crippen MR) is 75.9 cm³/mol. The number of hydrogen-bond acceptors (Lipinski definition) is 5. The molecule has 1 aromatic rings. The van der Waals surface area contributed by atoms with E-state index in [-0.39, 0.29) is 5.54 Å². The highest BCUT2D eigenvalue weighted by Crippen LogP contribution is 2.43. The first-order valence-corrected chi connectivity index (χ1v) is 7.13. The molecule has 1 aromatic heterocycles. The summed E-state index contributed by atoms with van der Waals surface area (Å²) in [6, 6.07) is 0. The number of aromatic nitrogens is 2. The van der Waals surface area contributed by atoms with Crippen LogP contribution in [0.2, 0.25) is 0 Å². The molecule has 5 heteroatoms. The largest absolute Gasteiger partial charge is 0.479 e. The van der Waals surface area contributed by atoms with Gasteiger partial charge < -0.3 is 15.0 Å². The van der Waals surface area contributed by atoms with Crippen LogP contribution in [0.5, 0.6) is 5.88 Å². The molecule has 0 amide bonds. The summed E-state index contributed by atoms with van der Waals surface area (Å²) >= 11 is 0. The second-order valence-electron chi connectivity index (χ2n) is 5.60. The van der Waals surface area contributed by atoms with E-state index < -0.39 is 0 Å². The molecule has 19 heavy (non-hydrogen) atoms. The van der Waals surface area contributed by atoms with Crippen LogP contribution in [0.3, 0.4) is 0 Å². The lowest BCUT2D eigenvalue weighted by atomic mass is 9.78. The molecular formula is C14H22N4O. The number of ether oxygens (including phenoxy) is 1. The molecule has 1 N–H and O–H groups in total. The van der Waals surface area contributed by atoms with Gasteiger partial charge in [-0.15, -0.1) is 0 Å². The van der Waals surface area contributed by atoms with E-state index in [1.54, 1.807) is 13.4 Å². The van der Waals surface area contributed by atoms with Gasteiger partial charge >= 0.3 is 0 Å². The van der Waals surface area contributed by atoms with Gasteiger partial charge in [0.15, 0.2) is 5.82 Å². The number of anilines is 2. The fraction of sp³-hybridized carbons (Fsp3) is 0.714. The maximum atomic E-state index is 5.35. The Morgan fingerprint density at radius 3 is 2.74 bits per heavy atom. The number of hydrogen-bond donors (Lipinski definition) is 1. The highest BCUT2D eigenvalue weighted by atomic mass is 16.5. The van der Waals surface area contributed by atoms with Gasteiger partial charge in [-0.1, -0.05) is 19.3 Å². The lowest BCUT2D eigenvalue weighted by Gasteiger charge is -2.44. The highest BCUT2D eigenvalue weighted by Gasteiger charge is 2.39. The van der Waals surface area contributed by atoms with Crippen LogP contribution in [0, 0.1) is 0 Å². The Bertz CT molecular complexity index is 457. The summed E-state index contributed by atoms with van der Waals surface area (Å²) in [5.74, 6) is 1.62. The fourth-order valence-corrected chi connectivity index (χ4v) is 3.53. The number of rotatable bonds is 1. The molecule has 3 rings (SSSR count). The summed E-state index contributed by atoms with van der Waals surface area (Å²) in [5.41, 5.74) is 1.20. The number of nitrogens with zero attached hydrogens (tertiary/aromatic N) is 3. The van der Waals surface area contributed by atoms with Crippen molar-refractivity contribution in [2.24, 2.45) is 0 Å². The van der Waals surface area contributed by atoms with Gasteiger partial charge in [0.2, 0.25) is 5.88 Å². The molecule has 2 aliphatic rings. The predicted octanol–water partition coefficient (Wildman–Crippen LogP) is 2.44. The summed E-state index contributed by atoms with van der Waals surface area (Å²) in [5, 5.41) is 3.45. The van der Waals surface area contributed by atoms with Gasteiger partial charge in [-0.3, -0.25) is 0 Å². The van der Waals surface area contributed by atoms with Gasteiger partial charge in [-0.2, -0.15) is 4.98 Å². The molecular weight excluding hydrogens is 240 g/mol. The van der Waals surface area contributed by atoms with Crippen LogP contribution in [-0.2, 0) is 0 Å². The first kappa shape index (κ1) is 12.5. The van der Waals surface area contributed by atoms with Gasteiger partial charge in [0, 0.05) is 19.1 Å². The minimum absolute atomic E-state index is 0.260. The van der Waals surface area contributed by atoms with Crippen LogP contribution in [0.15, 0.2) is 6.33 Å². The Labute approximate surface area is 114 Å². The van der Waals surface area contributed by atoms with Crippen molar-refractivity contribution in [3.63, 3.8) is 0 Å². The molecule has 1 aliphatic heterocycles. The van der Waals surface area contributed by atoms with Crippen molar-refractivity contribution in [3.8, 4) is 5.88 Å². The van der Waals surface area contributed by atoms with Crippen molar-refractivity contribution in [1.82, 2.24) is 9.97 Å². The average molecular weight is 262 g/mol. The third kappa shape index (κ3) is 2.01. The zero-order valence-electron chi connectivity index (χ0n) is 11.8. The molecule has 1 spiro atoms. The molecule has 1 saturated carbocycles. The molecule has 0 aromatic carbocycles. The van der Waals surface area contributed by atoms with E-state index in [4.69, 9.17) is 4.74 Å². The van der Waals surface area contributed by atoms with Crippen molar-refractivity contribution in [2.45, 2.75) is 44.1 Å². The van der Waals surface area contributed by atoms with Gasteiger partial charge in [0.05, 0.1) is 7.11 Å². The third-order valence-electron chi connectivity index (χ3n) is 4.69. The fourth-order valence-electron chi connectivity index (χ4n) is 3.53. The van der Waals surface area contributed by atoms with Crippen LogP contribution in [-0.4, -0.2) is 36.2 Å². The maximum Gasteiger partial charge on any atom is 0.242 e. The van der Waals surface area contributed by atoms with Crippen LogP contribution >= 0.6 is 0 Å². The van der Waals surface area contributed by atoms with Crippen molar-refractivity contribution in [3.05, 3.63) is 6.33 Å². The standard InChI is InChI=1S/C14H22N4O/c1-18-12-11(13(19-2)17-10-16-12)15-9-8-14(18)6-4-3-5-7-14/h10,15H,3-9H2,1-2H3. The van der Waals surface area contributed by atoms with Gasteiger partial charge in [0.1, 0.15) is 12.0 Å². The lowest BCUT2D eigenvalue weighted by Crippen LogP contribution is -2.48. The summed E-state index contributed by atoms with van der Waals surface area (Å²) in [7, 11) is 3.83. The van der Waals surface area contributed by atoms with Gasteiger partial charge in [-0.05, 0) is 19.3 Å². The Kier molecular flexibility index (Phi) is 3.21. The topological polar surface area (TPSA) is 50.3 Å². The van der Waals surface area contributed by atoms with Crippen LogP contribution in [0.1, 0.15) is 38.5 Å². The van der Waals surface area contributed by atoms with Crippen LogP contribution < -0.4 is 15.0 Å². The van der Waals surface area contributed by atoms with E-state index in [1.807, 2.05) is 0 Å². The smallest absolute Gasteiger partial charge is 0.242 e. The minimum atomic E-state index is 0.260. The summed E-state index contributed by atoms with van der Waals surface area (Å²) < 4.78 is 5.35. The third-order valence-corrected chi connectivity index (χ3v) is 4.69. The highest BCUT2D eigenvalue weighted by molar-refractivity contribution is 5.72. The molecule has 0 radical (unpaired) electrons. The summed E-state index contributed by atoms with van der Waals surface area (Å²) in [4.78, 5) is 11.1. The zero-order chi connectivity index (χ0) is 13.3. The normalized spacial score (nSPS) is 21.5. The van der Waals surface area contributed by atoms with Crippen molar-refractivity contribution >= 4 is 11.5 Å². The monoisotopic (exact) mass is 262 g/mol. The molecule has 0 bridgehead atoms. The molecule has 0 atom stereocenters. The number of nitrogens with one attached hydrogen (secondary N) is 1. The van der Waals surface area contributed by atoms with E-state index >= 15 is 0 Å². The maximum absolute atomic E-state index is 5.35. The van der Waals surface area contributed by atoms with Gasteiger partial charge in [-0.25, -0.2) is 4.98 Å². The molecule has 104 valence electrons. The number of methoxy groups -OCH3 is 1. The SMILES string of the molecule is COc1ncnc2c1NCCC1(CCCCC1)N2C. The van der Waals surface area contributed by atoms with Gasteiger partial charge in [0.25, 0.3) is 0 Å².